The van der Waals surface area contributed by atoms with Crippen LogP contribution in [0.5, 0.6) is 0 Å². The average Bonchev–Trinajstić information content (AvgIpc) is 2.22. The molecule has 1 unspecified atom stereocenters. The molecule has 0 saturated carbocycles. The van der Waals surface area contributed by atoms with Crippen molar-refractivity contribution in [2.24, 2.45) is 11.3 Å². The first-order chi connectivity index (χ1) is 7.84. The van der Waals surface area contributed by atoms with E-state index < -0.39 is 0 Å². The lowest BCUT2D eigenvalue weighted by atomic mass is 9.83. The van der Waals surface area contributed by atoms with Crippen LogP contribution in [0.4, 0.5) is 0 Å². The molecule has 0 amide bonds. The fraction of sp³-hybridized carbons (Fsp3) is 0.600. The molecule has 0 aliphatic carbocycles. The van der Waals surface area contributed by atoms with E-state index in [9.17, 15) is 0 Å². The van der Waals surface area contributed by atoms with E-state index in [1.54, 1.807) is 0 Å². The number of thioether (sulfide) groups is 1. The van der Waals surface area contributed by atoms with Gasteiger partial charge in [-0.1, -0.05) is 38.5 Å². The van der Waals surface area contributed by atoms with Crippen molar-refractivity contribution >= 4 is 24.4 Å². The number of thiol groups is 1. The Labute approximate surface area is 116 Å². The molecule has 1 aromatic carbocycles. The maximum atomic E-state index is 4.49. The molecule has 0 N–H and O–H groups in total. The van der Waals surface area contributed by atoms with E-state index >= 15 is 0 Å². The first-order valence-electron chi connectivity index (χ1n) is 6.15. The van der Waals surface area contributed by atoms with Crippen LogP contribution in [0.1, 0.15) is 31.9 Å². The topological polar surface area (TPSA) is 0 Å². The van der Waals surface area contributed by atoms with Gasteiger partial charge in [0.1, 0.15) is 0 Å². The third-order valence-corrected chi connectivity index (χ3v) is 4.99. The fourth-order valence-corrected chi connectivity index (χ4v) is 4.04. The molecule has 0 saturated heterocycles. The Morgan fingerprint density at radius 2 is 1.88 bits per heavy atom. The van der Waals surface area contributed by atoms with Crippen molar-refractivity contribution in [2.75, 3.05) is 11.5 Å². The monoisotopic (exact) mass is 268 g/mol. The lowest BCUT2D eigenvalue weighted by Gasteiger charge is -2.29. The zero-order chi connectivity index (χ0) is 13.1. The van der Waals surface area contributed by atoms with Gasteiger partial charge in [0.25, 0.3) is 0 Å². The zero-order valence-corrected chi connectivity index (χ0v) is 13.3. The van der Waals surface area contributed by atoms with Crippen LogP contribution in [-0.4, -0.2) is 11.5 Å². The first-order valence-corrected chi connectivity index (χ1v) is 7.77. The third kappa shape index (κ3) is 4.59. The van der Waals surface area contributed by atoms with Gasteiger partial charge in [-0.15, -0.1) is 11.8 Å². The normalized spacial score (nSPS) is 13.8. The summed E-state index contributed by atoms with van der Waals surface area (Å²) in [4.78, 5) is 1.42. The summed E-state index contributed by atoms with van der Waals surface area (Å²) >= 11 is 6.46. The molecule has 0 bridgehead atoms. The van der Waals surface area contributed by atoms with Crippen LogP contribution in [0.15, 0.2) is 23.1 Å². The summed E-state index contributed by atoms with van der Waals surface area (Å²) in [5.41, 5.74) is 3.07. The molecular formula is C15H24S2. The Bertz CT molecular complexity index is 364. The molecule has 0 aliphatic rings. The second kappa shape index (κ2) is 6.19. The largest absolute Gasteiger partial charge is 0.179 e. The van der Waals surface area contributed by atoms with Gasteiger partial charge in [-0.2, -0.15) is 12.6 Å². The number of hydrogen-bond acceptors (Lipinski definition) is 2. The number of hydrogen-bond donors (Lipinski definition) is 1. The van der Waals surface area contributed by atoms with Gasteiger partial charge < -0.3 is 0 Å². The third-order valence-electron chi connectivity index (χ3n) is 3.23. The maximum absolute atomic E-state index is 4.49. The predicted octanol–water partition coefficient (Wildman–Crippen LogP) is 4.99. The first kappa shape index (κ1) is 15.0. The van der Waals surface area contributed by atoms with E-state index in [2.05, 4.69) is 65.4 Å². The lowest BCUT2D eigenvalue weighted by Crippen LogP contribution is -2.24. The van der Waals surface area contributed by atoms with Gasteiger partial charge in [0, 0.05) is 10.6 Å². The molecule has 17 heavy (non-hydrogen) atoms. The Balaban J connectivity index is 2.69. The van der Waals surface area contributed by atoms with E-state index in [0.717, 1.165) is 11.5 Å². The van der Waals surface area contributed by atoms with Crippen molar-refractivity contribution in [2.45, 2.75) is 39.5 Å². The molecular weight excluding hydrogens is 244 g/mol. The number of aryl methyl sites for hydroxylation is 2. The van der Waals surface area contributed by atoms with Gasteiger partial charge in [0.15, 0.2) is 0 Å². The summed E-state index contributed by atoms with van der Waals surface area (Å²) < 4.78 is 0. The van der Waals surface area contributed by atoms with Crippen LogP contribution < -0.4 is 0 Å². The minimum atomic E-state index is 0.340. The van der Waals surface area contributed by atoms with Crippen LogP contribution in [0.25, 0.3) is 0 Å². The number of benzene rings is 1. The molecule has 0 aliphatic heterocycles. The summed E-state index contributed by atoms with van der Waals surface area (Å²) in [5.74, 6) is 2.76. The molecule has 0 radical (unpaired) electrons. The van der Waals surface area contributed by atoms with Crippen molar-refractivity contribution in [3.63, 3.8) is 0 Å². The smallest absolute Gasteiger partial charge is 0.0104 e. The van der Waals surface area contributed by atoms with Gasteiger partial charge in [-0.25, -0.2) is 0 Å². The van der Waals surface area contributed by atoms with E-state index in [0.29, 0.717) is 11.3 Å². The Hall–Kier alpha value is -0.0800. The maximum Gasteiger partial charge on any atom is 0.0104 e. The van der Waals surface area contributed by atoms with E-state index in [1.807, 2.05) is 11.8 Å². The molecule has 0 spiro atoms. The van der Waals surface area contributed by atoms with Crippen LogP contribution in [0.2, 0.25) is 0 Å². The molecule has 0 fully saturated rings. The zero-order valence-electron chi connectivity index (χ0n) is 11.6. The van der Waals surface area contributed by atoms with Crippen LogP contribution in [-0.2, 0) is 0 Å². The quantitative estimate of drug-likeness (QED) is 0.593. The highest BCUT2D eigenvalue weighted by atomic mass is 32.2. The minimum absolute atomic E-state index is 0.340. The average molecular weight is 268 g/mol. The second-order valence-electron chi connectivity index (χ2n) is 5.83. The van der Waals surface area contributed by atoms with Crippen LogP contribution in [0, 0.1) is 25.2 Å². The molecule has 1 aromatic rings. The van der Waals surface area contributed by atoms with E-state index in [-0.39, 0.29) is 0 Å². The van der Waals surface area contributed by atoms with Crippen LogP contribution in [0.3, 0.4) is 0 Å². The van der Waals surface area contributed by atoms with Crippen molar-refractivity contribution in [3.05, 3.63) is 29.3 Å². The summed E-state index contributed by atoms with van der Waals surface area (Å²) in [7, 11) is 0. The summed E-state index contributed by atoms with van der Waals surface area (Å²) in [5, 5.41) is 0. The summed E-state index contributed by atoms with van der Waals surface area (Å²) in [6, 6.07) is 6.68. The van der Waals surface area contributed by atoms with Gasteiger partial charge in [-0.3, -0.25) is 0 Å². The highest BCUT2D eigenvalue weighted by Crippen LogP contribution is 2.33. The summed E-state index contributed by atoms with van der Waals surface area (Å²) in [6.07, 6.45) is 0. The standard InChI is InChI=1S/C15H24S2/c1-11-6-7-12(2)14(8-11)17-10-13(9-16)15(3,4)5/h6-8,13,16H,9-10H2,1-5H3. The molecule has 1 atom stereocenters. The summed E-state index contributed by atoms with van der Waals surface area (Å²) in [6.45, 7) is 11.3. The molecule has 2 heteroatoms. The molecule has 1 rings (SSSR count). The Morgan fingerprint density at radius 1 is 1.24 bits per heavy atom. The predicted molar refractivity (Wildman–Crippen MR) is 83.4 cm³/mol. The fourth-order valence-electron chi connectivity index (χ4n) is 1.63. The van der Waals surface area contributed by atoms with Gasteiger partial charge in [0.2, 0.25) is 0 Å². The van der Waals surface area contributed by atoms with Crippen molar-refractivity contribution < 1.29 is 0 Å². The Kier molecular flexibility index (Phi) is 5.46. The molecule has 0 aromatic heterocycles. The molecule has 96 valence electrons. The van der Waals surface area contributed by atoms with Gasteiger partial charge >= 0.3 is 0 Å². The van der Waals surface area contributed by atoms with E-state index in [4.69, 9.17) is 0 Å². The highest BCUT2D eigenvalue weighted by Gasteiger charge is 2.23. The lowest BCUT2D eigenvalue weighted by molar-refractivity contribution is 0.294. The van der Waals surface area contributed by atoms with Gasteiger partial charge in [0.05, 0.1) is 0 Å². The van der Waals surface area contributed by atoms with Crippen molar-refractivity contribution in [3.8, 4) is 0 Å². The van der Waals surface area contributed by atoms with Crippen molar-refractivity contribution in [1.82, 2.24) is 0 Å². The van der Waals surface area contributed by atoms with Gasteiger partial charge in [-0.05, 0) is 42.6 Å². The SMILES string of the molecule is Cc1ccc(C)c(SCC(CS)C(C)(C)C)c1. The van der Waals surface area contributed by atoms with Crippen LogP contribution >= 0.6 is 24.4 Å². The second-order valence-corrected chi connectivity index (χ2v) is 7.25. The van der Waals surface area contributed by atoms with Crippen molar-refractivity contribution in [1.29, 1.82) is 0 Å². The molecule has 0 heterocycles. The molecule has 0 nitrogen and oxygen atoms in total. The highest BCUT2D eigenvalue weighted by molar-refractivity contribution is 7.99. The minimum Gasteiger partial charge on any atom is -0.179 e. The Morgan fingerprint density at radius 3 is 2.41 bits per heavy atom. The number of rotatable bonds is 4. The van der Waals surface area contributed by atoms with E-state index in [1.165, 1.54) is 16.0 Å².